The first kappa shape index (κ1) is 12.6. The summed E-state index contributed by atoms with van der Waals surface area (Å²) in [6.07, 6.45) is 4.92. The summed E-state index contributed by atoms with van der Waals surface area (Å²) in [6, 6.07) is 7.35. The third kappa shape index (κ3) is 3.60. The van der Waals surface area contributed by atoms with Crippen molar-refractivity contribution in [3.63, 3.8) is 0 Å². The van der Waals surface area contributed by atoms with Crippen LogP contribution >= 0.6 is 0 Å². The van der Waals surface area contributed by atoms with Crippen molar-refractivity contribution in [2.24, 2.45) is 0 Å². The molecule has 0 fully saturated rings. The zero-order valence-electron chi connectivity index (χ0n) is 10.6. The third-order valence-corrected chi connectivity index (χ3v) is 2.87. The molecule has 0 spiro atoms. The summed E-state index contributed by atoms with van der Waals surface area (Å²) >= 11 is 0. The normalized spacial score (nSPS) is 10.7. The van der Waals surface area contributed by atoms with Crippen molar-refractivity contribution < 1.29 is 5.11 Å². The van der Waals surface area contributed by atoms with Gasteiger partial charge in [-0.15, -0.1) is 0 Å². The minimum absolute atomic E-state index is 0.318. The number of aromatic nitrogens is 2. The van der Waals surface area contributed by atoms with Gasteiger partial charge in [0.1, 0.15) is 5.75 Å². The fourth-order valence-corrected chi connectivity index (χ4v) is 1.80. The summed E-state index contributed by atoms with van der Waals surface area (Å²) < 4.78 is 1.93. The third-order valence-electron chi connectivity index (χ3n) is 2.87. The fraction of sp³-hybridized carbons (Fsp3) is 0.357. The van der Waals surface area contributed by atoms with Gasteiger partial charge in [-0.25, -0.2) is 0 Å². The largest absolute Gasteiger partial charge is 0.508 e. The molecule has 0 saturated carbocycles. The van der Waals surface area contributed by atoms with Crippen LogP contribution < -0.4 is 5.32 Å². The molecular weight excluding hydrogens is 226 g/mol. The van der Waals surface area contributed by atoms with Crippen molar-refractivity contribution in [2.75, 3.05) is 6.54 Å². The topological polar surface area (TPSA) is 50.1 Å². The Labute approximate surface area is 107 Å². The van der Waals surface area contributed by atoms with Gasteiger partial charge in [-0.2, -0.15) is 5.10 Å². The first-order valence-corrected chi connectivity index (χ1v) is 6.28. The van der Waals surface area contributed by atoms with Crippen LogP contribution in [0.15, 0.2) is 36.7 Å². The van der Waals surface area contributed by atoms with Crippen molar-refractivity contribution in [1.29, 1.82) is 0 Å². The van der Waals surface area contributed by atoms with Crippen LogP contribution in [0.3, 0.4) is 0 Å². The molecule has 0 aliphatic heterocycles. The molecule has 1 aromatic heterocycles. The van der Waals surface area contributed by atoms with E-state index >= 15 is 0 Å². The lowest BCUT2D eigenvalue weighted by atomic mass is 10.1. The van der Waals surface area contributed by atoms with Crippen LogP contribution in [0.2, 0.25) is 0 Å². The van der Waals surface area contributed by atoms with Crippen molar-refractivity contribution in [2.45, 2.75) is 26.4 Å². The Morgan fingerprint density at radius 3 is 2.67 bits per heavy atom. The van der Waals surface area contributed by atoms with E-state index < -0.39 is 0 Å². The molecule has 0 aliphatic rings. The zero-order chi connectivity index (χ0) is 12.8. The van der Waals surface area contributed by atoms with Crippen LogP contribution in [0, 0.1) is 0 Å². The van der Waals surface area contributed by atoms with E-state index in [1.807, 2.05) is 23.0 Å². The fourth-order valence-electron chi connectivity index (χ4n) is 1.80. The number of benzene rings is 1. The Bertz CT molecular complexity index is 476. The van der Waals surface area contributed by atoms with Crippen LogP contribution in [-0.2, 0) is 19.5 Å². The van der Waals surface area contributed by atoms with Gasteiger partial charge in [0.05, 0.1) is 6.20 Å². The molecular formula is C14H19N3O. The number of hydrogen-bond acceptors (Lipinski definition) is 3. The van der Waals surface area contributed by atoms with Gasteiger partial charge >= 0.3 is 0 Å². The zero-order valence-corrected chi connectivity index (χ0v) is 10.6. The maximum Gasteiger partial charge on any atom is 0.115 e. The summed E-state index contributed by atoms with van der Waals surface area (Å²) in [7, 11) is 0. The molecule has 4 nitrogen and oxygen atoms in total. The lowest BCUT2D eigenvalue weighted by molar-refractivity contribution is 0.475. The van der Waals surface area contributed by atoms with Gasteiger partial charge in [-0.3, -0.25) is 4.68 Å². The van der Waals surface area contributed by atoms with E-state index in [0.29, 0.717) is 5.75 Å². The maximum atomic E-state index is 9.18. The highest BCUT2D eigenvalue weighted by Gasteiger charge is 1.97. The van der Waals surface area contributed by atoms with Gasteiger partial charge in [0.15, 0.2) is 0 Å². The van der Waals surface area contributed by atoms with Gasteiger partial charge in [-0.05, 0) is 37.6 Å². The molecule has 1 heterocycles. The van der Waals surface area contributed by atoms with Crippen LogP contribution in [0.25, 0.3) is 0 Å². The molecule has 1 aromatic carbocycles. The number of rotatable bonds is 6. The summed E-state index contributed by atoms with van der Waals surface area (Å²) in [5.74, 6) is 0.318. The van der Waals surface area contributed by atoms with Gasteiger partial charge in [0, 0.05) is 24.8 Å². The number of phenolic OH excluding ortho intramolecular Hbond substituents is 1. The first-order chi connectivity index (χ1) is 8.78. The summed E-state index contributed by atoms with van der Waals surface area (Å²) in [5, 5.41) is 16.8. The standard InChI is InChI=1S/C14H19N3O/c1-2-17-11-13(10-16-17)9-15-8-7-12-3-5-14(18)6-4-12/h3-6,10-11,15,18H,2,7-9H2,1H3. The second kappa shape index (κ2) is 6.21. The highest BCUT2D eigenvalue weighted by Crippen LogP contribution is 2.09. The molecule has 0 bridgehead atoms. The van der Waals surface area contributed by atoms with E-state index in [2.05, 4.69) is 23.5 Å². The second-order valence-corrected chi connectivity index (χ2v) is 4.30. The number of phenols is 1. The molecule has 0 saturated heterocycles. The maximum absolute atomic E-state index is 9.18. The first-order valence-electron chi connectivity index (χ1n) is 6.28. The Morgan fingerprint density at radius 1 is 1.22 bits per heavy atom. The number of aryl methyl sites for hydroxylation is 1. The number of nitrogens with zero attached hydrogens (tertiary/aromatic N) is 2. The Morgan fingerprint density at radius 2 is 2.00 bits per heavy atom. The quantitative estimate of drug-likeness (QED) is 0.765. The van der Waals surface area contributed by atoms with E-state index in [4.69, 9.17) is 0 Å². The monoisotopic (exact) mass is 245 g/mol. The SMILES string of the molecule is CCn1cc(CNCCc2ccc(O)cc2)cn1. The van der Waals surface area contributed by atoms with Crippen LogP contribution in [0.1, 0.15) is 18.1 Å². The lowest BCUT2D eigenvalue weighted by Crippen LogP contribution is -2.16. The van der Waals surface area contributed by atoms with Gasteiger partial charge in [-0.1, -0.05) is 12.1 Å². The summed E-state index contributed by atoms with van der Waals surface area (Å²) in [5.41, 5.74) is 2.44. The molecule has 18 heavy (non-hydrogen) atoms. The number of hydrogen-bond donors (Lipinski definition) is 2. The van der Waals surface area contributed by atoms with Crippen molar-refractivity contribution in [3.8, 4) is 5.75 Å². The molecule has 0 radical (unpaired) electrons. The van der Waals surface area contributed by atoms with E-state index in [-0.39, 0.29) is 0 Å². The Kier molecular flexibility index (Phi) is 4.36. The van der Waals surface area contributed by atoms with Gasteiger partial charge in [0.2, 0.25) is 0 Å². The molecule has 0 unspecified atom stereocenters. The number of aromatic hydroxyl groups is 1. The summed E-state index contributed by atoms with van der Waals surface area (Å²) in [6.45, 7) is 4.75. The van der Waals surface area contributed by atoms with Crippen LogP contribution in [-0.4, -0.2) is 21.4 Å². The van der Waals surface area contributed by atoms with Gasteiger partial charge < -0.3 is 10.4 Å². The van der Waals surface area contributed by atoms with Gasteiger partial charge in [0.25, 0.3) is 0 Å². The minimum atomic E-state index is 0.318. The molecule has 4 heteroatoms. The molecule has 96 valence electrons. The number of nitrogens with one attached hydrogen (secondary N) is 1. The summed E-state index contributed by atoms with van der Waals surface area (Å²) in [4.78, 5) is 0. The molecule has 0 amide bonds. The average Bonchev–Trinajstić information content (AvgIpc) is 2.85. The highest BCUT2D eigenvalue weighted by molar-refractivity contribution is 5.25. The van der Waals surface area contributed by atoms with E-state index in [1.165, 1.54) is 11.1 Å². The van der Waals surface area contributed by atoms with Crippen molar-refractivity contribution in [1.82, 2.24) is 15.1 Å². The Hall–Kier alpha value is -1.81. The van der Waals surface area contributed by atoms with E-state index in [9.17, 15) is 5.11 Å². The van der Waals surface area contributed by atoms with Crippen molar-refractivity contribution >= 4 is 0 Å². The molecule has 0 atom stereocenters. The Balaban J connectivity index is 1.71. The second-order valence-electron chi connectivity index (χ2n) is 4.30. The van der Waals surface area contributed by atoms with Crippen LogP contribution in [0.5, 0.6) is 5.75 Å². The highest BCUT2D eigenvalue weighted by atomic mass is 16.3. The predicted molar refractivity (Wildman–Crippen MR) is 71.4 cm³/mol. The average molecular weight is 245 g/mol. The smallest absolute Gasteiger partial charge is 0.115 e. The van der Waals surface area contributed by atoms with E-state index in [1.54, 1.807) is 12.1 Å². The molecule has 2 rings (SSSR count). The predicted octanol–water partition coefficient (Wildman–Crippen LogP) is 1.94. The lowest BCUT2D eigenvalue weighted by Gasteiger charge is -2.03. The molecule has 2 N–H and O–H groups in total. The molecule has 2 aromatic rings. The van der Waals surface area contributed by atoms with E-state index in [0.717, 1.165) is 26.1 Å². The van der Waals surface area contributed by atoms with Crippen LogP contribution in [0.4, 0.5) is 0 Å². The molecule has 0 aliphatic carbocycles. The minimum Gasteiger partial charge on any atom is -0.508 e. The van der Waals surface area contributed by atoms with Crippen molar-refractivity contribution in [3.05, 3.63) is 47.8 Å².